The second kappa shape index (κ2) is 15.9. The van der Waals surface area contributed by atoms with Crippen molar-refractivity contribution >= 4 is 29.8 Å². The summed E-state index contributed by atoms with van der Waals surface area (Å²) < 4.78 is 36.3. The van der Waals surface area contributed by atoms with Gasteiger partial charge in [0.2, 0.25) is 0 Å². The lowest BCUT2D eigenvalue weighted by atomic mass is 9.82. The van der Waals surface area contributed by atoms with Crippen LogP contribution >= 0.6 is 23.7 Å². The Labute approximate surface area is 270 Å². The van der Waals surface area contributed by atoms with Gasteiger partial charge in [-0.3, -0.25) is 0 Å². The van der Waals surface area contributed by atoms with E-state index < -0.39 is 35.4 Å². The van der Waals surface area contributed by atoms with E-state index in [-0.39, 0.29) is 43.0 Å². The molecule has 2 unspecified atom stereocenters. The van der Waals surface area contributed by atoms with Gasteiger partial charge in [-0.1, -0.05) is 19.1 Å². The largest absolute Gasteiger partial charge is 1.00 e. The van der Waals surface area contributed by atoms with E-state index in [1.54, 1.807) is 50.5 Å². The summed E-state index contributed by atoms with van der Waals surface area (Å²) in [7, 11) is 1.78. The van der Waals surface area contributed by atoms with Crippen molar-refractivity contribution in [3.8, 4) is 17.3 Å². The quantitative estimate of drug-likeness (QED) is 0.178. The van der Waals surface area contributed by atoms with Crippen molar-refractivity contribution in [3.63, 3.8) is 0 Å². The van der Waals surface area contributed by atoms with Crippen molar-refractivity contribution in [2.75, 3.05) is 13.6 Å². The highest BCUT2D eigenvalue weighted by atomic mass is 35.5. The van der Waals surface area contributed by atoms with Gasteiger partial charge in [-0.05, 0) is 56.2 Å². The molecule has 4 aromatic rings. The third-order valence-corrected chi connectivity index (χ3v) is 8.06. The van der Waals surface area contributed by atoms with Crippen LogP contribution in [0.1, 0.15) is 54.8 Å². The van der Waals surface area contributed by atoms with Crippen molar-refractivity contribution in [1.29, 1.82) is 5.26 Å². The van der Waals surface area contributed by atoms with Crippen LogP contribution in [0, 0.1) is 23.0 Å². The minimum atomic E-state index is -1.97. The Bertz CT molecular complexity index is 1580. The zero-order valence-electron chi connectivity index (χ0n) is 24.3. The molecular formula is C29H33Cl2F2N7O3S. The van der Waals surface area contributed by atoms with Crippen LogP contribution in [0.4, 0.5) is 13.6 Å². The first-order valence-electron chi connectivity index (χ1n) is 13.2. The summed E-state index contributed by atoms with van der Waals surface area (Å²) in [4.78, 5) is 21.1. The number of aliphatic hydroxyl groups is 1. The Hall–Kier alpha value is -3.67. The first kappa shape index (κ1) is 36.5. The number of nitrogens with zero attached hydrogens (tertiary/aromatic N) is 4. The molecule has 0 aliphatic carbocycles. The molecule has 0 saturated heterocycles. The molecule has 236 valence electrons. The number of thiazole rings is 1. The maximum atomic E-state index is 15.1. The minimum Gasteiger partial charge on any atom is -1.00 e. The van der Waals surface area contributed by atoms with Crippen LogP contribution < -0.4 is 27.7 Å². The maximum absolute atomic E-state index is 15.1. The second-order valence-electron chi connectivity index (χ2n) is 10.0. The summed E-state index contributed by atoms with van der Waals surface area (Å²) in [5.41, 5.74) is -0.298. The van der Waals surface area contributed by atoms with Crippen LogP contribution in [0.25, 0.3) is 11.3 Å². The van der Waals surface area contributed by atoms with Gasteiger partial charge in [0.15, 0.2) is 6.10 Å². The number of likely N-dealkylation sites (N-methyl/N-ethyl adjacent to an activating group) is 1. The SMILES string of the molecule is CNC(C)CNC(=O)OC(C)c1nc[n+](C[C@](O)(c2cc(F)ccc2F)[C@@H](C)c2nc(-c3ccc(C#N)cc3)cs2)[nH]1.Cl.[Cl-]. The van der Waals surface area contributed by atoms with Gasteiger partial charge < -0.3 is 32.9 Å². The first-order valence-corrected chi connectivity index (χ1v) is 14.1. The van der Waals surface area contributed by atoms with E-state index in [1.807, 2.05) is 6.92 Å². The molecule has 44 heavy (non-hydrogen) atoms. The van der Waals surface area contributed by atoms with Gasteiger partial charge in [-0.15, -0.1) is 23.7 Å². The average Bonchev–Trinajstić information content (AvgIpc) is 3.67. The van der Waals surface area contributed by atoms with Gasteiger partial charge in [0.25, 0.3) is 5.82 Å². The molecule has 0 radical (unpaired) electrons. The molecule has 0 saturated carbocycles. The fourth-order valence-electron chi connectivity index (χ4n) is 4.29. The van der Waals surface area contributed by atoms with E-state index >= 15 is 4.39 Å². The number of carbonyl (C=O) groups is 1. The molecule has 4 rings (SSSR count). The number of benzene rings is 2. The number of hydrogen-bond acceptors (Lipinski definition) is 8. The van der Waals surface area contributed by atoms with E-state index in [0.29, 0.717) is 28.6 Å². The number of aromatic nitrogens is 4. The number of rotatable bonds is 11. The lowest BCUT2D eigenvalue weighted by Crippen LogP contribution is -3.00. The number of nitrogens with one attached hydrogen (secondary N) is 3. The fraction of sp³-hybridized carbons (Fsp3) is 0.345. The Morgan fingerprint density at radius 1 is 1.23 bits per heavy atom. The van der Waals surface area contributed by atoms with E-state index in [0.717, 1.165) is 23.8 Å². The topological polar surface area (TPSA) is 140 Å². The number of nitriles is 1. The summed E-state index contributed by atoms with van der Waals surface area (Å²) in [5, 5.41) is 32.1. The summed E-state index contributed by atoms with van der Waals surface area (Å²) in [5.74, 6) is -1.98. The highest BCUT2D eigenvalue weighted by Crippen LogP contribution is 2.41. The second-order valence-corrected chi connectivity index (χ2v) is 10.9. The van der Waals surface area contributed by atoms with Crippen LogP contribution in [0.15, 0.2) is 54.2 Å². The third-order valence-electron chi connectivity index (χ3n) is 7.03. The number of amides is 1. The maximum Gasteiger partial charge on any atom is 0.407 e. The number of aromatic amines is 1. The standard InChI is InChI=1S/C29H31F2N7O3S.2ClH/c1-17(33-4)13-34-28(39)41-19(3)26-35-16-38(37-26)15-29(40,23-11-22(30)9-10-24(23)31)18(2)27-36-25(14-42-27)21-7-5-20(12-32)6-8-21;;/h5-11,14,16-19,33,40H,13,15H2,1-4H3,(H,34,39);2*1H/t17?,18-,19?,29+;;/m0../s1. The van der Waals surface area contributed by atoms with E-state index in [1.165, 1.54) is 22.3 Å². The molecule has 2 aromatic heterocycles. The van der Waals surface area contributed by atoms with Crippen molar-refractivity contribution in [2.24, 2.45) is 0 Å². The highest BCUT2D eigenvalue weighted by molar-refractivity contribution is 7.10. The Kier molecular flexibility index (Phi) is 13.2. The molecule has 1 amide bonds. The fourth-order valence-corrected chi connectivity index (χ4v) is 5.26. The van der Waals surface area contributed by atoms with Crippen LogP contribution in [0.3, 0.4) is 0 Å². The van der Waals surface area contributed by atoms with Crippen LogP contribution in [-0.4, -0.2) is 45.9 Å². The van der Waals surface area contributed by atoms with Gasteiger partial charge in [-0.25, -0.2) is 18.6 Å². The predicted octanol–water partition coefficient (Wildman–Crippen LogP) is 1.48. The van der Waals surface area contributed by atoms with Gasteiger partial charge in [0.1, 0.15) is 23.8 Å². The molecule has 0 spiro atoms. The number of ether oxygens (including phenoxy) is 1. The third kappa shape index (κ3) is 8.49. The van der Waals surface area contributed by atoms with E-state index in [2.05, 4.69) is 31.8 Å². The molecule has 0 fully saturated rings. The minimum absolute atomic E-state index is 0. The molecule has 10 nitrogen and oxygen atoms in total. The normalized spacial score (nSPS) is 14.1. The zero-order valence-corrected chi connectivity index (χ0v) is 26.7. The molecule has 2 heterocycles. The monoisotopic (exact) mass is 667 g/mol. The number of carbonyl (C=O) groups excluding carboxylic acids is 1. The summed E-state index contributed by atoms with van der Waals surface area (Å²) in [6, 6.07) is 12.0. The van der Waals surface area contributed by atoms with Crippen molar-refractivity contribution in [1.82, 2.24) is 25.7 Å². The van der Waals surface area contributed by atoms with Crippen molar-refractivity contribution in [3.05, 3.63) is 87.8 Å². The first-order chi connectivity index (χ1) is 20.0. The summed E-state index contributed by atoms with van der Waals surface area (Å²) in [6.07, 6.45) is -0.00222. The van der Waals surface area contributed by atoms with E-state index in [4.69, 9.17) is 10.00 Å². The molecule has 4 N–H and O–H groups in total. The molecule has 2 aromatic carbocycles. The van der Waals surface area contributed by atoms with E-state index in [9.17, 15) is 14.3 Å². The smallest absolute Gasteiger partial charge is 0.407 e. The number of H-pyrrole nitrogens is 1. The molecule has 0 aliphatic heterocycles. The lowest BCUT2D eigenvalue weighted by molar-refractivity contribution is -0.765. The lowest BCUT2D eigenvalue weighted by Gasteiger charge is -2.32. The summed E-state index contributed by atoms with van der Waals surface area (Å²) >= 11 is 1.27. The van der Waals surface area contributed by atoms with Crippen molar-refractivity contribution in [2.45, 2.75) is 51.0 Å². The molecule has 4 atom stereocenters. The summed E-state index contributed by atoms with van der Waals surface area (Å²) in [6.45, 7) is 5.35. The average molecular weight is 669 g/mol. The van der Waals surface area contributed by atoms with Crippen LogP contribution in [-0.2, 0) is 16.9 Å². The molecule has 15 heteroatoms. The number of halogens is 4. The Balaban J connectivity index is 0.00000337. The van der Waals surface area contributed by atoms with Gasteiger partial charge in [-0.2, -0.15) is 15.0 Å². The zero-order chi connectivity index (χ0) is 30.4. The van der Waals surface area contributed by atoms with Crippen LogP contribution in [0.2, 0.25) is 0 Å². The number of hydrogen-bond donors (Lipinski definition) is 4. The Morgan fingerprint density at radius 3 is 2.59 bits per heavy atom. The highest BCUT2D eigenvalue weighted by Gasteiger charge is 2.43. The predicted molar refractivity (Wildman–Crippen MR) is 158 cm³/mol. The van der Waals surface area contributed by atoms with Gasteiger partial charge in [0, 0.05) is 35.0 Å². The van der Waals surface area contributed by atoms with Crippen LogP contribution in [0.5, 0.6) is 0 Å². The molecule has 0 bridgehead atoms. The Morgan fingerprint density at radius 2 is 1.93 bits per heavy atom. The van der Waals surface area contributed by atoms with Gasteiger partial charge in [0.05, 0.1) is 22.3 Å². The van der Waals surface area contributed by atoms with Crippen molar-refractivity contribution < 1.29 is 40.5 Å². The number of alkyl carbamates (subject to hydrolysis) is 1. The molecule has 0 aliphatic rings. The molecular weight excluding hydrogens is 635 g/mol. The van der Waals surface area contributed by atoms with Gasteiger partial charge >= 0.3 is 12.4 Å².